The molecule has 24 heavy (non-hydrogen) atoms. The SMILES string of the molecule is O=S(=O)(Cc1nnc(-c2ccc3[nH]cnc3c2)o1)c1ccccc1. The van der Waals surface area contributed by atoms with E-state index < -0.39 is 9.84 Å². The molecule has 0 aliphatic heterocycles. The average molecular weight is 340 g/mol. The van der Waals surface area contributed by atoms with Crippen molar-refractivity contribution in [3.63, 3.8) is 0 Å². The average Bonchev–Trinajstić information content (AvgIpc) is 3.23. The maximum absolute atomic E-state index is 12.3. The molecule has 0 spiro atoms. The van der Waals surface area contributed by atoms with Crippen LogP contribution in [0, 0.1) is 0 Å². The highest BCUT2D eigenvalue weighted by atomic mass is 32.2. The number of nitrogens with one attached hydrogen (secondary N) is 1. The second-order valence-electron chi connectivity index (χ2n) is 5.21. The van der Waals surface area contributed by atoms with E-state index in [0.29, 0.717) is 5.56 Å². The van der Waals surface area contributed by atoms with Gasteiger partial charge in [-0.3, -0.25) is 0 Å². The van der Waals surface area contributed by atoms with Crippen molar-refractivity contribution in [2.24, 2.45) is 0 Å². The number of hydrogen-bond donors (Lipinski definition) is 1. The third kappa shape index (κ3) is 2.67. The Morgan fingerprint density at radius 3 is 2.71 bits per heavy atom. The van der Waals surface area contributed by atoms with Crippen LogP contribution in [0.2, 0.25) is 0 Å². The molecule has 0 aliphatic carbocycles. The van der Waals surface area contributed by atoms with Crippen molar-refractivity contribution in [1.29, 1.82) is 0 Å². The highest BCUT2D eigenvalue weighted by molar-refractivity contribution is 7.90. The first kappa shape index (κ1) is 14.6. The van der Waals surface area contributed by atoms with Gasteiger partial charge in [-0.25, -0.2) is 13.4 Å². The lowest BCUT2D eigenvalue weighted by atomic mass is 10.2. The largest absolute Gasteiger partial charge is 0.420 e. The summed E-state index contributed by atoms with van der Waals surface area (Å²) in [6, 6.07) is 13.6. The van der Waals surface area contributed by atoms with Crippen molar-refractivity contribution in [1.82, 2.24) is 20.2 Å². The normalized spacial score (nSPS) is 11.8. The molecule has 2 aromatic heterocycles. The number of imidazole rings is 1. The van der Waals surface area contributed by atoms with Crippen molar-refractivity contribution in [2.75, 3.05) is 0 Å². The minimum absolute atomic E-state index is 0.0518. The van der Waals surface area contributed by atoms with E-state index >= 15 is 0 Å². The monoisotopic (exact) mass is 340 g/mol. The molecule has 0 bridgehead atoms. The van der Waals surface area contributed by atoms with E-state index in [4.69, 9.17) is 4.42 Å². The Morgan fingerprint density at radius 2 is 1.88 bits per heavy atom. The van der Waals surface area contributed by atoms with E-state index in [0.717, 1.165) is 11.0 Å². The molecule has 0 saturated carbocycles. The highest BCUT2D eigenvalue weighted by Gasteiger charge is 2.20. The molecule has 0 saturated heterocycles. The summed E-state index contributed by atoms with van der Waals surface area (Å²) in [4.78, 5) is 7.39. The number of H-pyrrole nitrogens is 1. The third-order valence-electron chi connectivity index (χ3n) is 3.55. The first-order chi connectivity index (χ1) is 11.6. The van der Waals surface area contributed by atoms with Crippen LogP contribution in [-0.4, -0.2) is 28.6 Å². The molecule has 0 atom stereocenters. The van der Waals surface area contributed by atoms with Crippen LogP contribution < -0.4 is 0 Å². The van der Waals surface area contributed by atoms with Crippen molar-refractivity contribution in [3.05, 3.63) is 60.7 Å². The molecule has 2 aromatic carbocycles. The highest BCUT2D eigenvalue weighted by Crippen LogP contribution is 2.23. The van der Waals surface area contributed by atoms with E-state index in [-0.39, 0.29) is 22.4 Å². The van der Waals surface area contributed by atoms with Gasteiger partial charge >= 0.3 is 0 Å². The van der Waals surface area contributed by atoms with Gasteiger partial charge in [0.05, 0.1) is 22.3 Å². The zero-order valence-corrected chi connectivity index (χ0v) is 13.2. The Hall–Kier alpha value is -3.00. The third-order valence-corrected chi connectivity index (χ3v) is 5.17. The predicted octanol–water partition coefficient (Wildman–Crippen LogP) is 2.59. The first-order valence-corrected chi connectivity index (χ1v) is 8.81. The molecule has 4 aromatic rings. The Morgan fingerprint density at radius 1 is 1.04 bits per heavy atom. The summed E-state index contributed by atoms with van der Waals surface area (Å²) in [6.45, 7) is 0. The maximum atomic E-state index is 12.3. The zero-order valence-electron chi connectivity index (χ0n) is 12.4. The standard InChI is InChI=1S/C16H12N4O3S/c21-24(22,12-4-2-1-3-5-12)9-15-19-20-16(23-15)11-6-7-13-14(8-11)18-10-17-13/h1-8,10H,9H2,(H,17,18). The van der Waals surface area contributed by atoms with E-state index in [9.17, 15) is 8.42 Å². The van der Waals surface area contributed by atoms with Crippen LogP contribution in [0.4, 0.5) is 0 Å². The number of aromatic amines is 1. The number of fused-ring (bicyclic) bond motifs is 1. The molecule has 120 valence electrons. The van der Waals surface area contributed by atoms with Crippen molar-refractivity contribution < 1.29 is 12.8 Å². The van der Waals surface area contributed by atoms with Gasteiger partial charge in [0, 0.05) is 5.56 Å². The first-order valence-electron chi connectivity index (χ1n) is 7.15. The number of sulfone groups is 1. The van der Waals surface area contributed by atoms with Gasteiger partial charge in [-0.2, -0.15) is 0 Å². The lowest BCUT2D eigenvalue weighted by Crippen LogP contribution is -2.04. The molecule has 1 N–H and O–H groups in total. The molecule has 0 aliphatic rings. The molecule has 2 heterocycles. The van der Waals surface area contributed by atoms with Gasteiger partial charge in [-0.1, -0.05) is 18.2 Å². The second kappa shape index (κ2) is 5.57. The fraction of sp³-hybridized carbons (Fsp3) is 0.0625. The second-order valence-corrected chi connectivity index (χ2v) is 7.20. The van der Waals surface area contributed by atoms with E-state index in [2.05, 4.69) is 20.2 Å². The number of benzene rings is 2. The summed E-state index contributed by atoms with van der Waals surface area (Å²) in [5, 5.41) is 7.78. The number of hydrogen-bond acceptors (Lipinski definition) is 6. The van der Waals surface area contributed by atoms with E-state index in [1.165, 1.54) is 12.1 Å². The van der Waals surface area contributed by atoms with Crippen molar-refractivity contribution in [3.8, 4) is 11.5 Å². The predicted molar refractivity (Wildman–Crippen MR) is 86.7 cm³/mol. The molecule has 0 radical (unpaired) electrons. The Kier molecular flexibility index (Phi) is 3.39. The molecule has 4 rings (SSSR count). The zero-order chi connectivity index (χ0) is 16.6. The van der Waals surface area contributed by atoms with Gasteiger partial charge in [-0.15, -0.1) is 10.2 Å². The van der Waals surface area contributed by atoms with Crippen LogP contribution in [-0.2, 0) is 15.6 Å². The molecule has 0 fully saturated rings. The van der Waals surface area contributed by atoms with Gasteiger partial charge in [0.2, 0.25) is 11.8 Å². The summed E-state index contributed by atoms with van der Waals surface area (Å²) in [5.74, 6) is -0.0246. The summed E-state index contributed by atoms with van der Waals surface area (Å²) in [6.07, 6.45) is 1.60. The van der Waals surface area contributed by atoms with Crippen LogP contribution in [0.1, 0.15) is 5.89 Å². The molecule has 8 heteroatoms. The molecule has 0 amide bonds. The topological polar surface area (TPSA) is 102 Å². The number of nitrogens with zero attached hydrogens (tertiary/aromatic N) is 3. The molecule has 0 unspecified atom stereocenters. The fourth-order valence-electron chi connectivity index (χ4n) is 2.37. The van der Waals surface area contributed by atoms with Crippen LogP contribution in [0.15, 0.2) is 64.2 Å². The fourth-order valence-corrected chi connectivity index (χ4v) is 3.55. The van der Waals surface area contributed by atoms with Gasteiger partial charge < -0.3 is 9.40 Å². The summed E-state index contributed by atoms with van der Waals surface area (Å²) in [5.41, 5.74) is 2.35. The van der Waals surface area contributed by atoms with Gasteiger partial charge in [0.15, 0.2) is 9.84 Å². The van der Waals surface area contributed by atoms with E-state index in [1.807, 2.05) is 12.1 Å². The molecular formula is C16H12N4O3S. The Bertz CT molecular complexity index is 1100. The van der Waals surface area contributed by atoms with E-state index in [1.54, 1.807) is 30.6 Å². The quantitative estimate of drug-likeness (QED) is 0.612. The van der Waals surface area contributed by atoms with Gasteiger partial charge in [0.1, 0.15) is 5.75 Å². The van der Waals surface area contributed by atoms with Crippen LogP contribution >= 0.6 is 0 Å². The summed E-state index contributed by atoms with van der Waals surface area (Å²) >= 11 is 0. The summed E-state index contributed by atoms with van der Waals surface area (Å²) in [7, 11) is -3.52. The maximum Gasteiger partial charge on any atom is 0.247 e. The van der Waals surface area contributed by atoms with Gasteiger partial charge in [-0.05, 0) is 30.3 Å². The molecule has 7 nitrogen and oxygen atoms in total. The number of aromatic nitrogens is 4. The lowest BCUT2D eigenvalue weighted by molar-refractivity contribution is 0.518. The van der Waals surface area contributed by atoms with Crippen molar-refractivity contribution >= 4 is 20.9 Å². The van der Waals surface area contributed by atoms with Crippen LogP contribution in [0.25, 0.3) is 22.5 Å². The lowest BCUT2D eigenvalue weighted by Gasteiger charge is -2.00. The summed E-state index contributed by atoms with van der Waals surface area (Å²) < 4.78 is 30.2. The minimum atomic E-state index is -3.52. The van der Waals surface area contributed by atoms with Gasteiger partial charge in [0.25, 0.3) is 0 Å². The van der Waals surface area contributed by atoms with Crippen LogP contribution in [0.3, 0.4) is 0 Å². The van der Waals surface area contributed by atoms with Crippen LogP contribution in [0.5, 0.6) is 0 Å². The smallest absolute Gasteiger partial charge is 0.247 e. The Balaban J connectivity index is 1.63. The number of rotatable bonds is 4. The minimum Gasteiger partial charge on any atom is -0.420 e. The van der Waals surface area contributed by atoms with Crippen molar-refractivity contribution in [2.45, 2.75) is 10.6 Å². The molecular weight excluding hydrogens is 328 g/mol. The Labute approximate surface area is 137 Å².